The maximum absolute atomic E-state index is 12.1. The van der Waals surface area contributed by atoms with Crippen molar-refractivity contribution in [2.45, 2.75) is 26.3 Å². The van der Waals surface area contributed by atoms with Gasteiger partial charge < -0.3 is 15.3 Å². The van der Waals surface area contributed by atoms with Crippen LogP contribution in [0.5, 0.6) is 0 Å². The zero-order chi connectivity index (χ0) is 14.3. The Kier molecular flexibility index (Phi) is 6.87. The zero-order valence-corrected chi connectivity index (χ0v) is 13.0. The van der Waals surface area contributed by atoms with Gasteiger partial charge in [-0.1, -0.05) is 41.1 Å². The lowest BCUT2D eigenvalue weighted by Gasteiger charge is -2.25. The Morgan fingerprint density at radius 3 is 2.63 bits per heavy atom. The molecule has 0 spiro atoms. The van der Waals surface area contributed by atoms with Crippen molar-refractivity contribution in [3.05, 3.63) is 34.3 Å². The molecule has 1 atom stereocenters. The van der Waals surface area contributed by atoms with Gasteiger partial charge in [0.2, 0.25) is 0 Å². The van der Waals surface area contributed by atoms with Crippen LogP contribution in [0.2, 0.25) is 0 Å². The van der Waals surface area contributed by atoms with E-state index in [1.54, 1.807) is 4.90 Å². The average molecular weight is 329 g/mol. The fourth-order valence-corrected chi connectivity index (χ4v) is 2.48. The molecular weight excluding hydrogens is 308 g/mol. The second kappa shape index (κ2) is 8.17. The van der Waals surface area contributed by atoms with E-state index < -0.39 is 0 Å². The van der Waals surface area contributed by atoms with Crippen molar-refractivity contribution in [1.82, 2.24) is 10.2 Å². The molecule has 0 aliphatic rings. The summed E-state index contributed by atoms with van der Waals surface area (Å²) < 4.78 is 0.993. The van der Waals surface area contributed by atoms with Crippen molar-refractivity contribution in [1.29, 1.82) is 0 Å². The van der Waals surface area contributed by atoms with Gasteiger partial charge in [-0.2, -0.15) is 0 Å². The highest BCUT2D eigenvalue weighted by Crippen LogP contribution is 2.25. The highest BCUT2D eigenvalue weighted by molar-refractivity contribution is 9.10. The molecule has 0 aromatic heterocycles. The topological polar surface area (TPSA) is 52.6 Å². The standard InChI is InChI=1S/C14H21BrN2O2/c1-3-13(11-7-5-6-8-12(11)15)16-14(19)17(4-2)9-10-18/h5-8,13,18H,3-4,9-10H2,1-2H3,(H,16,19). The minimum atomic E-state index is -0.140. The zero-order valence-electron chi connectivity index (χ0n) is 11.4. The van der Waals surface area contributed by atoms with E-state index in [9.17, 15) is 4.79 Å². The molecule has 0 radical (unpaired) electrons. The molecule has 0 bridgehead atoms. The van der Waals surface area contributed by atoms with Gasteiger partial charge in [-0.25, -0.2) is 4.79 Å². The van der Waals surface area contributed by atoms with Gasteiger partial charge in [-0.3, -0.25) is 0 Å². The largest absolute Gasteiger partial charge is 0.395 e. The quantitative estimate of drug-likeness (QED) is 0.843. The molecule has 19 heavy (non-hydrogen) atoms. The van der Waals surface area contributed by atoms with Gasteiger partial charge in [0.15, 0.2) is 0 Å². The fourth-order valence-electron chi connectivity index (χ4n) is 1.92. The first kappa shape index (κ1) is 16.0. The number of nitrogens with zero attached hydrogens (tertiary/aromatic N) is 1. The minimum Gasteiger partial charge on any atom is -0.395 e. The molecular formula is C14H21BrN2O2. The highest BCUT2D eigenvalue weighted by Gasteiger charge is 2.18. The maximum Gasteiger partial charge on any atom is 0.317 e. The molecule has 1 aromatic carbocycles. The maximum atomic E-state index is 12.1. The second-order valence-corrected chi connectivity index (χ2v) is 5.09. The van der Waals surface area contributed by atoms with Crippen molar-refractivity contribution in [2.75, 3.05) is 19.7 Å². The lowest BCUT2D eigenvalue weighted by molar-refractivity contribution is 0.177. The summed E-state index contributed by atoms with van der Waals surface area (Å²) in [5, 5.41) is 11.9. The number of hydrogen-bond donors (Lipinski definition) is 2. The molecule has 5 heteroatoms. The van der Waals surface area contributed by atoms with Gasteiger partial charge in [0.05, 0.1) is 12.6 Å². The number of halogens is 1. The van der Waals surface area contributed by atoms with E-state index in [-0.39, 0.29) is 18.7 Å². The molecule has 0 fully saturated rings. The van der Waals surface area contributed by atoms with Crippen LogP contribution in [-0.4, -0.2) is 35.7 Å². The van der Waals surface area contributed by atoms with Crippen LogP contribution in [0.1, 0.15) is 31.9 Å². The Hall–Kier alpha value is -1.07. The van der Waals surface area contributed by atoms with Crippen LogP contribution in [0.25, 0.3) is 0 Å². The average Bonchev–Trinajstić information content (AvgIpc) is 2.42. The smallest absolute Gasteiger partial charge is 0.317 e. The Morgan fingerprint density at radius 1 is 1.42 bits per heavy atom. The minimum absolute atomic E-state index is 0.0208. The first-order valence-corrected chi connectivity index (χ1v) is 7.34. The molecule has 1 unspecified atom stereocenters. The van der Waals surface area contributed by atoms with Gasteiger partial charge in [0.1, 0.15) is 0 Å². The number of aliphatic hydroxyl groups is 1. The molecule has 0 saturated carbocycles. The Balaban J connectivity index is 2.77. The van der Waals surface area contributed by atoms with Crippen molar-refractivity contribution < 1.29 is 9.90 Å². The van der Waals surface area contributed by atoms with Crippen LogP contribution in [0.15, 0.2) is 28.7 Å². The van der Waals surface area contributed by atoms with Gasteiger partial charge in [-0.15, -0.1) is 0 Å². The summed E-state index contributed by atoms with van der Waals surface area (Å²) in [4.78, 5) is 13.7. The monoisotopic (exact) mass is 328 g/mol. The first-order chi connectivity index (χ1) is 9.13. The predicted molar refractivity (Wildman–Crippen MR) is 80.0 cm³/mol. The van der Waals surface area contributed by atoms with Crippen LogP contribution in [0.4, 0.5) is 4.79 Å². The lowest BCUT2D eigenvalue weighted by Crippen LogP contribution is -2.42. The number of rotatable bonds is 6. The fraction of sp³-hybridized carbons (Fsp3) is 0.500. The molecule has 4 nitrogen and oxygen atoms in total. The van der Waals surface area contributed by atoms with E-state index in [1.165, 1.54) is 0 Å². The summed E-state index contributed by atoms with van der Waals surface area (Å²) in [5.41, 5.74) is 1.07. The van der Waals surface area contributed by atoms with Crippen molar-refractivity contribution >= 4 is 22.0 Å². The van der Waals surface area contributed by atoms with E-state index >= 15 is 0 Å². The van der Waals surface area contributed by atoms with E-state index in [0.29, 0.717) is 13.1 Å². The second-order valence-electron chi connectivity index (χ2n) is 4.24. The summed E-state index contributed by atoms with van der Waals surface area (Å²) >= 11 is 3.51. The number of urea groups is 1. The van der Waals surface area contributed by atoms with E-state index in [0.717, 1.165) is 16.5 Å². The lowest BCUT2D eigenvalue weighted by atomic mass is 10.1. The van der Waals surface area contributed by atoms with Crippen LogP contribution in [0.3, 0.4) is 0 Å². The highest BCUT2D eigenvalue weighted by atomic mass is 79.9. The van der Waals surface area contributed by atoms with Gasteiger partial charge in [0, 0.05) is 17.6 Å². The summed E-state index contributed by atoms with van der Waals surface area (Å²) in [5.74, 6) is 0. The SMILES string of the molecule is CCC(NC(=O)N(CC)CCO)c1ccccc1Br. The molecule has 0 heterocycles. The van der Waals surface area contributed by atoms with Gasteiger partial charge in [-0.05, 0) is 25.0 Å². The van der Waals surface area contributed by atoms with Crippen LogP contribution >= 0.6 is 15.9 Å². The molecule has 0 aliphatic heterocycles. The molecule has 0 aliphatic carbocycles. The summed E-state index contributed by atoms with van der Waals surface area (Å²) in [6.07, 6.45) is 0.811. The van der Waals surface area contributed by atoms with Crippen molar-refractivity contribution in [2.24, 2.45) is 0 Å². The van der Waals surface area contributed by atoms with Gasteiger partial charge in [0.25, 0.3) is 0 Å². The number of aliphatic hydroxyl groups excluding tert-OH is 1. The van der Waals surface area contributed by atoms with E-state index in [2.05, 4.69) is 21.2 Å². The van der Waals surface area contributed by atoms with Crippen molar-refractivity contribution in [3.8, 4) is 0 Å². The van der Waals surface area contributed by atoms with Crippen LogP contribution in [0, 0.1) is 0 Å². The number of amides is 2. The van der Waals surface area contributed by atoms with Crippen LogP contribution in [-0.2, 0) is 0 Å². The number of hydrogen-bond acceptors (Lipinski definition) is 2. The van der Waals surface area contributed by atoms with Crippen molar-refractivity contribution in [3.63, 3.8) is 0 Å². The third-order valence-corrected chi connectivity index (χ3v) is 3.75. The third-order valence-electron chi connectivity index (χ3n) is 3.03. The Bertz CT molecular complexity index is 412. The third kappa shape index (κ3) is 4.51. The predicted octanol–water partition coefficient (Wildman–Crippen LogP) is 2.92. The molecule has 2 amide bonds. The molecule has 1 aromatic rings. The molecule has 2 N–H and O–H groups in total. The van der Waals surface area contributed by atoms with Crippen LogP contribution < -0.4 is 5.32 Å². The summed E-state index contributed by atoms with van der Waals surface area (Å²) in [6.45, 7) is 4.85. The Labute approximate surface area is 122 Å². The van der Waals surface area contributed by atoms with E-state index in [4.69, 9.17) is 5.11 Å². The molecule has 1 rings (SSSR count). The molecule has 106 valence electrons. The number of carbonyl (C=O) groups excluding carboxylic acids is 1. The van der Waals surface area contributed by atoms with Gasteiger partial charge >= 0.3 is 6.03 Å². The first-order valence-electron chi connectivity index (χ1n) is 6.54. The summed E-state index contributed by atoms with van der Waals surface area (Å²) in [6, 6.07) is 7.71. The number of benzene rings is 1. The van der Waals surface area contributed by atoms with E-state index in [1.807, 2.05) is 38.1 Å². The number of likely N-dealkylation sites (N-methyl/N-ethyl adjacent to an activating group) is 1. The Morgan fingerprint density at radius 2 is 2.11 bits per heavy atom. The number of nitrogens with one attached hydrogen (secondary N) is 1. The normalized spacial score (nSPS) is 12.0. The summed E-state index contributed by atoms with van der Waals surface area (Å²) in [7, 11) is 0. The molecule has 0 saturated heterocycles. The number of carbonyl (C=O) groups is 1.